The van der Waals surface area contributed by atoms with Gasteiger partial charge in [0.05, 0.1) is 13.2 Å². The van der Waals surface area contributed by atoms with Crippen molar-refractivity contribution in [1.82, 2.24) is 5.32 Å². The predicted octanol–water partition coefficient (Wildman–Crippen LogP) is 2.87. The molecule has 0 saturated heterocycles. The Hall–Kier alpha value is -1.55. The number of aryl methyl sites for hydroxylation is 2. The van der Waals surface area contributed by atoms with Gasteiger partial charge in [0, 0.05) is 19.6 Å². The van der Waals surface area contributed by atoms with Crippen molar-refractivity contribution in [3.05, 3.63) is 29.3 Å². The van der Waals surface area contributed by atoms with Crippen molar-refractivity contribution in [3.8, 4) is 5.75 Å². The number of hydrogen-bond donors (Lipinski definition) is 1. The largest absolute Gasteiger partial charge is 0.496 e. The summed E-state index contributed by atoms with van der Waals surface area (Å²) in [7, 11) is 1.67. The van der Waals surface area contributed by atoms with Crippen molar-refractivity contribution in [2.24, 2.45) is 0 Å². The molecule has 1 rings (SSSR count). The molecule has 0 aliphatic carbocycles. The molecule has 0 saturated carbocycles. The van der Waals surface area contributed by atoms with E-state index in [1.54, 1.807) is 7.11 Å². The van der Waals surface area contributed by atoms with Gasteiger partial charge in [-0.2, -0.15) is 0 Å². The number of hydrogen-bond acceptors (Lipinski definition) is 3. The van der Waals surface area contributed by atoms with E-state index in [2.05, 4.69) is 11.4 Å². The first kappa shape index (κ1) is 17.5. The maximum absolute atomic E-state index is 11.7. The Labute approximate surface area is 127 Å². The molecule has 0 spiro atoms. The number of amides is 1. The lowest BCUT2D eigenvalue weighted by Crippen LogP contribution is -2.25. The van der Waals surface area contributed by atoms with E-state index in [4.69, 9.17) is 9.47 Å². The average Bonchev–Trinajstić information content (AvgIpc) is 2.44. The van der Waals surface area contributed by atoms with Crippen LogP contribution in [-0.4, -0.2) is 32.3 Å². The lowest BCUT2D eigenvalue weighted by molar-refractivity contribution is -0.121. The number of nitrogens with one attached hydrogen (secondary N) is 1. The third kappa shape index (κ3) is 7.14. The molecule has 1 amide bonds. The van der Waals surface area contributed by atoms with Crippen LogP contribution < -0.4 is 10.1 Å². The molecular weight excluding hydrogens is 266 g/mol. The highest BCUT2D eigenvalue weighted by molar-refractivity contribution is 5.76. The van der Waals surface area contributed by atoms with Crippen LogP contribution >= 0.6 is 0 Å². The Morgan fingerprint density at radius 3 is 2.71 bits per heavy atom. The van der Waals surface area contributed by atoms with Crippen LogP contribution in [0.3, 0.4) is 0 Å². The van der Waals surface area contributed by atoms with Gasteiger partial charge in [-0.05, 0) is 50.8 Å². The zero-order valence-corrected chi connectivity index (χ0v) is 13.6. The summed E-state index contributed by atoms with van der Waals surface area (Å²) >= 11 is 0. The Bertz CT molecular complexity index is 444. The summed E-state index contributed by atoms with van der Waals surface area (Å²) in [5.41, 5.74) is 2.26. The fourth-order valence-corrected chi connectivity index (χ4v) is 2.06. The van der Waals surface area contributed by atoms with Gasteiger partial charge >= 0.3 is 0 Å². The van der Waals surface area contributed by atoms with Gasteiger partial charge in [-0.15, -0.1) is 0 Å². The lowest BCUT2D eigenvalue weighted by atomic mass is 10.1. The molecule has 0 radical (unpaired) electrons. The van der Waals surface area contributed by atoms with Crippen LogP contribution in [0.25, 0.3) is 0 Å². The summed E-state index contributed by atoms with van der Waals surface area (Å²) in [6, 6.07) is 6.03. The van der Waals surface area contributed by atoms with E-state index < -0.39 is 0 Å². The van der Waals surface area contributed by atoms with Gasteiger partial charge in [-0.1, -0.05) is 12.1 Å². The van der Waals surface area contributed by atoms with Gasteiger partial charge in [-0.25, -0.2) is 0 Å². The predicted molar refractivity (Wildman–Crippen MR) is 84.8 cm³/mol. The normalized spacial score (nSPS) is 10.7. The smallest absolute Gasteiger partial charge is 0.220 e. The molecule has 118 valence electrons. The number of methoxy groups -OCH3 is 1. The molecule has 1 aromatic rings. The van der Waals surface area contributed by atoms with E-state index >= 15 is 0 Å². The number of rotatable bonds is 9. The van der Waals surface area contributed by atoms with Crippen LogP contribution in [0.1, 0.15) is 37.8 Å². The standard InChI is InChI=1S/C17H27NO3/c1-13(2)21-11-5-10-18-17(19)9-7-15-6-8-16(20-4)14(3)12-15/h6,8,12-13H,5,7,9-11H2,1-4H3,(H,18,19). The molecule has 4 heteroatoms. The highest BCUT2D eigenvalue weighted by atomic mass is 16.5. The number of carbonyl (C=O) groups excluding carboxylic acids is 1. The van der Waals surface area contributed by atoms with Crippen molar-refractivity contribution in [2.75, 3.05) is 20.3 Å². The van der Waals surface area contributed by atoms with E-state index in [1.165, 1.54) is 0 Å². The lowest BCUT2D eigenvalue weighted by Gasteiger charge is -2.09. The Kier molecular flexibility index (Phi) is 7.83. The maximum Gasteiger partial charge on any atom is 0.220 e. The van der Waals surface area contributed by atoms with Crippen LogP contribution in [-0.2, 0) is 16.0 Å². The summed E-state index contributed by atoms with van der Waals surface area (Å²) in [5.74, 6) is 0.973. The Morgan fingerprint density at radius 2 is 2.10 bits per heavy atom. The van der Waals surface area contributed by atoms with Crippen molar-refractivity contribution >= 4 is 5.91 Å². The average molecular weight is 293 g/mol. The van der Waals surface area contributed by atoms with Crippen LogP contribution in [0.5, 0.6) is 5.75 Å². The minimum atomic E-state index is 0.0908. The quantitative estimate of drug-likeness (QED) is 0.712. The minimum Gasteiger partial charge on any atom is -0.496 e. The first-order chi connectivity index (χ1) is 10.0. The van der Waals surface area contributed by atoms with Crippen molar-refractivity contribution in [3.63, 3.8) is 0 Å². The second kappa shape index (κ2) is 9.40. The van der Waals surface area contributed by atoms with Crippen molar-refractivity contribution in [2.45, 2.75) is 46.1 Å². The summed E-state index contributed by atoms with van der Waals surface area (Å²) in [5, 5.41) is 2.92. The molecular formula is C17H27NO3. The molecule has 0 bridgehead atoms. The molecule has 0 aromatic heterocycles. The van der Waals surface area contributed by atoms with Crippen LogP contribution in [0.4, 0.5) is 0 Å². The van der Waals surface area contributed by atoms with E-state index in [0.29, 0.717) is 19.6 Å². The molecule has 0 fully saturated rings. The SMILES string of the molecule is COc1ccc(CCC(=O)NCCCOC(C)C)cc1C. The fraction of sp³-hybridized carbons (Fsp3) is 0.588. The number of ether oxygens (including phenoxy) is 2. The van der Waals surface area contributed by atoms with E-state index in [9.17, 15) is 4.79 Å². The van der Waals surface area contributed by atoms with Crippen molar-refractivity contribution in [1.29, 1.82) is 0 Å². The van der Waals surface area contributed by atoms with Gasteiger partial charge in [0.1, 0.15) is 5.75 Å². The molecule has 0 unspecified atom stereocenters. The van der Waals surface area contributed by atoms with Crippen LogP contribution in [0.15, 0.2) is 18.2 Å². The van der Waals surface area contributed by atoms with Crippen molar-refractivity contribution < 1.29 is 14.3 Å². The van der Waals surface area contributed by atoms with E-state index in [1.807, 2.05) is 32.9 Å². The van der Waals surface area contributed by atoms with E-state index in [0.717, 1.165) is 29.7 Å². The third-order valence-corrected chi connectivity index (χ3v) is 3.19. The first-order valence-corrected chi connectivity index (χ1v) is 7.54. The molecule has 4 nitrogen and oxygen atoms in total. The summed E-state index contributed by atoms with van der Waals surface area (Å²) in [4.78, 5) is 11.7. The third-order valence-electron chi connectivity index (χ3n) is 3.19. The first-order valence-electron chi connectivity index (χ1n) is 7.54. The van der Waals surface area contributed by atoms with Gasteiger partial charge < -0.3 is 14.8 Å². The van der Waals surface area contributed by atoms with Gasteiger partial charge in [0.15, 0.2) is 0 Å². The fourth-order valence-electron chi connectivity index (χ4n) is 2.06. The molecule has 1 aromatic carbocycles. The Morgan fingerprint density at radius 1 is 1.33 bits per heavy atom. The molecule has 0 atom stereocenters. The second-order valence-corrected chi connectivity index (χ2v) is 5.43. The van der Waals surface area contributed by atoms with Crippen LogP contribution in [0.2, 0.25) is 0 Å². The molecule has 0 aliphatic heterocycles. The molecule has 0 heterocycles. The van der Waals surface area contributed by atoms with Gasteiger partial charge in [0.2, 0.25) is 5.91 Å². The van der Waals surface area contributed by atoms with Gasteiger partial charge in [0.25, 0.3) is 0 Å². The monoisotopic (exact) mass is 293 g/mol. The Balaban J connectivity index is 2.22. The molecule has 21 heavy (non-hydrogen) atoms. The highest BCUT2D eigenvalue weighted by Gasteiger charge is 2.04. The number of benzene rings is 1. The maximum atomic E-state index is 11.7. The summed E-state index contributed by atoms with van der Waals surface area (Å²) in [6.07, 6.45) is 2.36. The topological polar surface area (TPSA) is 47.6 Å². The second-order valence-electron chi connectivity index (χ2n) is 5.43. The zero-order valence-electron chi connectivity index (χ0n) is 13.6. The van der Waals surface area contributed by atoms with Crippen LogP contribution in [0, 0.1) is 6.92 Å². The van der Waals surface area contributed by atoms with Gasteiger partial charge in [-0.3, -0.25) is 4.79 Å². The van der Waals surface area contributed by atoms with E-state index in [-0.39, 0.29) is 12.0 Å². The summed E-state index contributed by atoms with van der Waals surface area (Å²) < 4.78 is 10.7. The zero-order chi connectivity index (χ0) is 15.7. The number of carbonyl (C=O) groups is 1. The molecule has 1 N–H and O–H groups in total. The minimum absolute atomic E-state index is 0.0908. The summed E-state index contributed by atoms with van der Waals surface area (Å²) in [6.45, 7) is 7.39. The highest BCUT2D eigenvalue weighted by Crippen LogP contribution is 2.19. The molecule has 0 aliphatic rings.